The molecule has 3 rings (SSSR count). The van der Waals surface area contributed by atoms with Crippen molar-refractivity contribution in [1.29, 1.82) is 0 Å². The summed E-state index contributed by atoms with van der Waals surface area (Å²) in [6.07, 6.45) is 1.42. The molecule has 0 radical (unpaired) electrons. The molecule has 0 saturated heterocycles. The first kappa shape index (κ1) is 13.4. The molecule has 0 aliphatic heterocycles. The number of nitrogens with zero attached hydrogens (tertiary/aromatic N) is 1. The number of hydrogen-bond acceptors (Lipinski definition) is 3. The number of oxazole rings is 1. The van der Waals surface area contributed by atoms with Crippen molar-refractivity contribution in [2.75, 3.05) is 0 Å². The molecule has 1 aromatic heterocycles. The maximum Gasteiger partial charge on any atom is 0.251 e. The van der Waals surface area contributed by atoms with Crippen LogP contribution in [-0.2, 0) is 6.54 Å². The van der Waals surface area contributed by atoms with Crippen molar-refractivity contribution in [1.82, 2.24) is 10.3 Å². The average molecular weight is 280 g/mol. The second kappa shape index (κ2) is 5.40. The average Bonchev–Trinajstić information content (AvgIpc) is 2.95. The maximum absolute atomic E-state index is 12.1. The monoisotopic (exact) mass is 280 g/mol. The quantitative estimate of drug-likeness (QED) is 0.800. The molecule has 21 heavy (non-hydrogen) atoms. The Morgan fingerprint density at radius 2 is 2.00 bits per heavy atom. The lowest BCUT2D eigenvalue weighted by molar-refractivity contribution is 0.0951. The van der Waals surface area contributed by atoms with Gasteiger partial charge in [0.15, 0.2) is 12.0 Å². The van der Waals surface area contributed by atoms with Crippen molar-refractivity contribution in [3.63, 3.8) is 0 Å². The molecule has 1 heterocycles. The smallest absolute Gasteiger partial charge is 0.251 e. The Balaban J connectivity index is 1.71. The van der Waals surface area contributed by atoms with Crippen molar-refractivity contribution in [2.24, 2.45) is 0 Å². The first-order valence-corrected chi connectivity index (χ1v) is 6.81. The van der Waals surface area contributed by atoms with Crippen LogP contribution >= 0.6 is 0 Å². The zero-order chi connectivity index (χ0) is 14.8. The van der Waals surface area contributed by atoms with Gasteiger partial charge < -0.3 is 9.73 Å². The number of carbonyl (C=O) groups is 1. The van der Waals surface area contributed by atoms with Gasteiger partial charge in [-0.3, -0.25) is 4.79 Å². The first-order valence-electron chi connectivity index (χ1n) is 6.81. The van der Waals surface area contributed by atoms with Crippen LogP contribution in [-0.4, -0.2) is 10.9 Å². The molecule has 106 valence electrons. The number of benzene rings is 2. The minimum Gasteiger partial charge on any atom is -0.443 e. The standard InChI is InChI=1S/C17H16N2O2/c1-11-3-5-14(7-12(11)2)17(20)18-9-13-4-6-15-16(8-13)21-10-19-15/h3-8,10H,9H2,1-2H3,(H,18,20). The number of aromatic nitrogens is 1. The van der Waals surface area contributed by atoms with Crippen molar-refractivity contribution in [3.05, 3.63) is 65.0 Å². The van der Waals surface area contributed by atoms with Crippen LogP contribution < -0.4 is 5.32 Å². The Bertz CT molecular complexity index is 805. The van der Waals surface area contributed by atoms with Gasteiger partial charge in [0.05, 0.1) is 0 Å². The lowest BCUT2D eigenvalue weighted by Gasteiger charge is -2.07. The second-order valence-electron chi connectivity index (χ2n) is 5.14. The third-order valence-electron chi connectivity index (χ3n) is 3.62. The topological polar surface area (TPSA) is 55.1 Å². The molecule has 0 unspecified atom stereocenters. The molecule has 1 N–H and O–H groups in total. The molecule has 0 spiro atoms. The Labute approximate surface area is 122 Å². The van der Waals surface area contributed by atoms with Gasteiger partial charge >= 0.3 is 0 Å². The SMILES string of the molecule is Cc1ccc(C(=O)NCc2ccc3ncoc3c2)cc1C. The number of nitrogens with one attached hydrogen (secondary N) is 1. The summed E-state index contributed by atoms with van der Waals surface area (Å²) in [4.78, 5) is 16.2. The summed E-state index contributed by atoms with van der Waals surface area (Å²) in [6.45, 7) is 4.50. The van der Waals surface area contributed by atoms with Gasteiger partial charge in [-0.15, -0.1) is 0 Å². The van der Waals surface area contributed by atoms with E-state index in [1.165, 1.54) is 12.0 Å². The number of carbonyl (C=O) groups excluding carboxylic acids is 1. The summed E-state index contributed by atoms with van der Waals surface area (Å²) in [5, 5.41) is 2.92. The molecule has 4 heteroatoms. The van der Waals surface area contributed by atoms with E-state index in [0.717, 1.165) is 22.2 Å². The third kappa shape index (κ3) is 2.79. The molecule has 0 atom stereocenters. The molecule has 0 aliphatic carbocycles. The molecule has 0 fully saturated rings. The molecule has 4 nitrogen and oxygen atoms in total. The van der Waals surface area contributed by atoms with Gasteiger partial charge in [0.25, 0.3) is 5.91 Å². The molecule has 0 bridgehead atoms. The highest BCUT2D eigenvalue weighted by molar-refractivity contribution is 5.94. The molecule has 0 saturated carbocycles. The van der Waals surface area contributed by atoms with E-state index < -0.39 is 0 Å². The lowest BCUT2D eigenvalue weighted by atomic mass is 10.1. The summed E-state index contributed by atoms with van der Waals surface area (Å²) < 4.78 is 5.26. The van der Waals surface area contributed by atoms with Crippen LogP contribution in [0.25, 0.3) is 11.1 Å². The Morgan fingerprint density at radius 1 is 1.14 bits per heavy atom. The van der Waals surface area contributed by atoms with E-state index in [-0.39, 0.29) is 5.91 Å². The Hall–Kier alpha value is -2.62. The molecular formula is C17H16N2O2. The van der Waals surface area contributed by atoms with Crippen LogP contribution in [0.2, 0.25) is 0 Å². The first-order chi connectivity index (χ1) is 10.1. The van der Waals surface area contributed by atoms with E-state index in [1.54, 1.807) is 0 Å². The highest BCUT2D eigenvalue weighted by atomic mass is 16.3. The van der Waals surface area contributed by atoms with Gasteiger partial charge in [0, 0.05) is 12.1 Å². The zero-order valence-corrected chi connectivity index (χ0v) is 12.0. The van der Waals surface area contributed by atoms with Crippen molar-refractivity contribution in [2.45, 2.75) is 20.4 Å². The van der Waals surface area contributed by atoms with Gasteiger partial charge in [-0.2, -0.15) is 0 Å². The van der Waals surface area contributed by atoms with E-state index in [1.807, 2.05) is 50.2 Å². The minimum atomic E-state index is -0.0734. The zero-order valence-electron chi connectivity index (χ0n) is 12.0. The summed E-state index contributed by atoms with van der Waals surface area (Å²) in [7, 11) is 0. The third-order valence-corrected chi connectivity index (χ3v) is 3.62. The molecule has 1 amide bonds. The van der Waals surface area contributed by atoms with Crippen LogP contribution in [0.3, 0.4) is 0 Å². The van der Waals surface area contributed by atoms with E-state index in [4.69, 9.17) is 4.42 Å². The lowest BCUT2D eigenvalue weighted by Crippen LogP contribution is -2.22. The highest BCUT2D eigenvalue weighted by Gasteiger charge is 2.07. The van der Waals surface area contributed by atoms with E-state index in [9.17, 15) is 4.79 Å². The fraction of sp³-hybridized carbons (Fsp3) is 0.176. The number of rotatable bonds is 3. The van der Waals surface area contributed by atoms with Gasteiger partial charge in [-0.25, -0.2) is 4.98 Å². The maximum atomic E-state index is 12.1. The van der Waals surface area contributed by atoms with Gasteiger partial charge in [-0.05, 0) is 54.8 Å². The molecule has 0 aliphatic rings. The van der Waals surface area contributed by atoms with Crippen LogP contribution in [0.15, 0.2) is 47.2 Å². The predicted octanol–water partition coefficient (Wildman–Crippen LogP) is 3.37. The molecule has 2 aromatic carbocycles. The van der Waals surface area contributed by atoms with Crippen molar-refractivity contribution < 1.29 is 9.21 Å². The Kier molecular flexibility index (Phi) is 3.44. The van der Waals surface area contributed by atoms with E-state index in [2.05, 4.69) is 10.3 Å². The summed E-state index contributed by atoms with van der Waals surface area (Å²) in [6, 6.07) is 11.4. The summed E-state index contributed by atoms with van der Waals surface area (Å²) in [5.74, 6) is -0.0734. The summed E-state index contributed by atoms with van der Waals surface area (Å²) >= 11 is 0. The summed E-state index contributed by atoms with van der Waals surface area (Å²) in [5.41, 5.74) is 5.51. The second-order valence-corrected chi connectivity index (χ2v) is 5.14. The van der Waals surface area contributed by atoms with Crippen LogP contribution in [0, 0.1) is 13.8 Å². The molecule has 3 aromatic rings. The largest absolute Gasteiger partial charge is 0.443 e. The van der Waals surface area contributed by atoms with Crippen molar-refractivity contribution in [3.8, 4) is 0 Å². The van der Waals surface area contributed by atoms with Gasteiger partial charge in [-0.1, -0.05) is 12.1 Å². The number of amides is 1. The van der Waals surface area contributed by atoms with Crippen LogP contribution in [0.4, 0.5) is 0 Å². The number of aryl methyl sites for hydroxylation is 2. The highest BCUT2D eigenvalue weighted by Crippen LogP contribution is 2.14. The van der Waals surface area contributed by atoms with Crippen LogP contribution in [0.1, 0.15) is 27.0 Å². The van der Waals surface area contributed by atoms with E-state index >= 15 is 0 Å². The fourth-order valence-electron chi connectivity index (χ4n) is 2.18. The van der Waals surface area contributed by atoms with E-state index in [0.29, 0.717) is 12.1 Å². The van der Waals surface area contributed by atoms with Crippen LogP contribution in [0.5, 0.6) is 0 Å². The predicted molar refractivity (Wildman–Crippen MR) is 81.1 cm³/mol. The van der Waals surface area contributed by atoms with Crippen molar-refractivity contribution >= 4 is 17.0 Å². The van der Waals surface area contributed by atoms with Gasteiger partial charge in [0.2, 0.25) is 0 Å². The number of hydrogen-bond donors (Lipinski definition) is 1. The normalized spacial score (nSPS) is 10.8. The fourth-order valence-corrected chi connectivity index (χ4v) is 2.18. The minimum absolute atomic E-state index is 0.0734. The number of fused-ring (bicyclic) bond motifs is 1. The Morgan fingerprint density at radius 3 is 2.81 bits per heavy atom. The molecular weight excluding hydrogens is 264 g/mol. The van der Waals surface area contributed by atoms with Gasteiger partial charge in [0.1, 0.15) is 5.52 Å².